The lowest BCUT2D eigenvalue weighted by Crippen LogP contribution is -2.25. The summed E-state index contributed by atoms with van der Waals surface area (Å²) in [5.41, 5.74) is 1.73. The molecular weight excluding hydrogens is 295 g/mol. The van der Waals surface area contributed by atoms with Crippen molar-refractivity contribution in [3.8, 4) is 0 Å². The van der Waals surface area contributed by atoms with Crippen LogP contribution in [0.4, 0.5) is 9.57 Å². The van der Waals surface area contributed by atoms with E-state index in [1.165, 1.54) is 0 Å². The third kappa shape index (κ3) is 2.65. The van der Waals surface area contributed by atoms with Gasteiger partial charge in [-0.2, -0.15) is 8.42 Å². The van der Waals surface area contributed by atoms with Crippen molar-refractivity contribution in [3.05, 3.63) is 30.5 Å². The largest absolute Gasteiger partial charge is 0.350 e. The van der Waals surface area contributed by atoms with Gasteiger partial charge in [-0.25, -0.2) is 0 Å². The summed E-state index contributed by atoms with van der Waals surface area (Å²) in [6.07, 6.45) is 1.96. The molecule has 0 radical (unpaired) electrons. The highest BCUT2D eigenvalue weighted by Gasteiger charge is 2.34. The van der Waals surface area contributed by atoms with E-state index in [2.05, 4.69) is 0 Å². The van der Waals surface area contributed by atoms with Crippen LogP contribution in [-0.2, 0) is 22.1 Å². The van der Waals surface area contributed by atoms with Gasteiger partial charge in [0, 0.05) is 43.0 Å². The summed E-state index contributed by atoms with van der Waals surface area (Å²) in [6, 6.07) is 7.54. The van der Waals surface area contributed by atoms with Crippen molar-refractivity contribution in [1.82, 2.24) is 4.57 Å². The molecule has 1 unspecified atom stereocenters. The Morgan fingerprint density at radius 1 is 1.33 bits per heavy atom. The number of aromatic nitrogens is 1. The molecule has 1 fully saturated rings. The number of halogens is 1. The number of hydrogen-bond donors (Lipinski definition) is 0. The second kappa shape index (κ2) is 4.84. The highest BCUT2D eigenvalue weighted by molar-refractivity contribution is 7.86. The van der Waals surface area contributed by atoms with Crippen LogP contribution in [0.15, 0.2) is 30.5 Å². The van der Waals surface area contributed by atoms with Crippen molar-refractivity contribution in [2.24, 2.45) is 13.0 Å². The van der Waals surface area contributed by atoms with E-state index >= 15 is 0 Å². The van der Waals surface area contributed by atoms with Crippen LogP contribution < -0.4 is 4.90 Å². The molecule has 1 aliphatic heterocycles. The number of anilines is 1. The molecule has 0 bridgehead atoms. The molecule has 1 atom stereocenters. The van der Waals surface area contributed by atoms with E-state index in [-0.39, 0.29) is 18.9 Å². The van der Waals surface area contributed by atoms with Crippen molar-refractivity contribution in [2.75, 3.05) is 17.2 Å². The van der Waals surface area contributed by atoms with E-state index in [1.807, 2.05) is 42.1 Å². The second-order valence-electron chi connectivity index (χ2n) is 5.42. The molecule has 1 saturated heterocycles. The van der Waals surface area contributed by atoms with Gasteiger partial charge < -0.3 is 9.47 Å². The lowest BCUT2D eigenvalue weighted by atomic mass is 10.1. The van der Waals surface area contributed by atoms with Gasteiger partial charge in [-0.05, 0) is 18.2 Å². The lowest BCUT2D eigenvalue weighted by Gasteiger charge is -2.18. The van der Waals surface area contributed by atoms with Crippen molar-refractivity contribution >= 4 is 32.7 Å². The van der Waals surface area contributed by atoms with Crippen molar-refractivity contribution in [2.45, 2.75) is 6.42 Å². The minimum absolute atomic E-state index is 0.0619. The predicted octanol–water partition coefficient (Wildman–Crippen LogP) is 1.83. The summed E-state index contributed by atoms with van der Waals surface area (Å²) in [6.45, 7) is 0.232. The zero-order valence-corrected chi connectivity index (χ0v) is 12.3. The molecule has 0 saturated carbocycles. The first kappa shape index (κ1) is 14.1. The van der Waals surface area contributed by atoms with Crippen LogP contribution >= 0.6 is 0 Å². The van der Waals surface area contributed by atoms with E-state index < -0.39 is 21.9 Å². The summed E-state index contributed by atoms with van der Waals surface area (Å²) in [5.74, 6) is -1.26. The van der Waals surface area contributed by atoms with Gasteiger partial charge in [-0.1, -0.05) is 6.07 Å². The Hall–Kier alpha value is -1.89. The first-order valence-corrected chi connectivity index (χ1v) is 8.17. The predicted molar refractivity (Wildman–Crippen MR) is 78.3 cm³/mol. The Kier molecular flexibility index (Phi) is 3.24. The molecule has 112 valence electrons. The van der Waals surface area contributed by atoms with Crippen molar-refractivity contribution < 1.29 is 17.1 Å². The highest BCUT2D eigenvalue weighted by atomic mass is 32.3. The maximum atomic E-state index is 12.8. The molecule has 5 nitrogen and oxygen atoms in total. The highest BCUT2D eigenvalue weighted by Crippen LogP contribution is 2.32. The van der Waals surface area contributed by atoms with E-state index in [9.17, 15) is 17.1 Å². The minimum atomic E-state index is -4.56. The minimum Gasteiger partial charge on any atom is -0.350 e. The summed E-state index contributed by atoms with van der Waals surface area (Å²) in [4.78, 5) is 13.7. The average molecular weight is 310 g/mol. The quantitative estimate of drug-likeness (QED) is 0.813. The molecule has 3 rings (SSSR count). The smallest absolute Gasteiger partial charge is 0.302 e. The van der Waals surface area contributed by atoms with Gasteiger partial charge in [0.05, 0.1) is 11.4 Å². The van der Waals surface area contributed by atoms with Gasteiger partial charge >= 0.3 is 10.2 Å². The van der Waals surface area contributed by atoms with E-state index in [0.717, 1.165) is 16.6 Å². The Morgan fingerprint density at radius 2 is 2.10 bits per heavy atom. The fourth-order valence-corrected chi connectivity index (χ4v) is 3.72. The van der Waals surface area contributed by atoms with Gasteiger partial charge in [-0.3, -0.25) is 4.79 Å². The monoisotopic (exact) mass is 310 g/mol. The van der Waals surface area contributed by atoms with Crippen LogP contribution in [0.1, 0.15) is 6.42 Å². The Morgan fingerprint density at radius 3 is 2.81 bits per heavy atom. The maximum Gasteiger partial charge on any atom is 0.302 e. The number of rotatable bonds is 3. The Balaban J connectivity index is 1.94. The fourth-order valence-electron chi connectivity index (χ4n) is 2.93. The first-order chi connectivity index (χ1) is 9.85. The van der Waals surface area contributed by atoms with Gasteiger partial charge in [-0.15, -0.1) is 3.89 Å². The molecule has 0 aliphatic carbocycles. The standard InChI is InChI=1S/C14H15FN2O3S/c1-16-6-5-11-12(16)3-2-4-13(11)17-8-10(7-14(17)18)9-21(15,19)20/h2-6,10H,7-9H2,1H3. The van der Waals surface area contributed by atoms with E-state index in [1.54, 1.807) is 4.90 Å². The molecular formula is C14H15FN2O3S. The molecule has 1 amide bonds. The van der Waals surface area contributed by atoms with Crippen LogP contribution in [0.25, 0.3) is 10.9 Å². The van der Waals surface area contributed by atoms with Crippen LogP contribution in [-0.4, -0.2) is 31.2 Å². The van der Waals surface area contributed by atoms with Crippen LogP contribution in [0.3, 0.4) is 0 Å². The molecule has 1 aliphatic rings. The Bertz CT molecular complexity index is 813. The summed E-state index contributed by atoms with van der Waals surface area (Å²) < 4.78 is 36.2. The molecule has 1 aromatic carbocycles. The molecule has 2 aromatic rings. The van der Waals surface area contributed by atoms with Gasteiger partial charge in [0.2, 0.25) is 5.91 Å². The molecule has 0 N–H and O–H groups in total. The van der Waals surface area contributed by atoms with Crippen molar-refractivity contribution in [1.29, 1.82) is 0 Å². The normalized spacial score (nSPS) is 19.6. The molecule has 0 spiro atoms. The van der Waals surface area contributed by atoms with Gasteiger partial charge in [0.25, 0.3) is 0 Å². The average Bonchev–Trinajstić information content (AvgIpc) is 2.91. The maximum absolute atomic E-state index is 12.8. The number of hydrogen-bond acceptors (Lipinski definition) is 3. The SMILES string of the molecule is Cn1ccc2c(N3CC(CS(=O)(=O)F)CC3=O)cccc21. The number of carbonyl (C=O) groups excluding carboxylic acids is 1. The lowest BCUT2D eigenvalue weighted by molar-refractivity contribution is -0.117. The third-order valence-electron chi connectivity index (χ3n) is 3.84. The van der Waals surface area contributed by atoms with Gasteiger partial charge in [0.15, 0.2) is 0 Å². The zero-order chi connectivity index (χ0) is 15.2. The topological polar surface area (TPSA) is 59.4 Å². The molecule has 2 heterocycles. The third-order valence-corrected chi connectivity index (χ3v) is 4.71. The molecule has 1 aromatic heterocycles. The van der Waals surface area contributed by atoms with Crippen LogP contribution in [0.2, 0.25) is 0 Å². The van der Waals surface area contributed by atoms with Gasteiger partial charge in [0.1, 0.15) is 0 Å². The van der Waals surface area contributed by atoms with Crippen LogP contribution in [0, 0.1) is 5.92 Å². The zero-order valence-electron chi connectivity index (χ0n) is 11.5. The number of carbonyl (C=O) groups is 1. The van der Waals surface area contributed by atoms with E-state index in [4.69, 9.17) is 0 Å². The summed E-state index contributed by atoms with van der Waals surface area (Å²) >= 11 is 0. The summed E-state index contributed by atoms with van der Waals surface area (Å²) in [5, 5.41) is 0.928. The van der Waals surface area contributed by atoms with E-state index in [0.29, 0.717) is 0 Å². The first-order valence-electron chi connectivity index (χ1n) is 6.62. The second-order valence-corrected chi connectivity index (χ2v) is 6.83. The van der Waals surface area contributed by atoms with Crippen LogP contribution in [0.5, 0.6) is 0 Å². The molecule has 21 heavy (non-hydrogen) atoms. The number of benzene rings is 1. The fraction of sp³-hybridized carbons (Fsp3) is 0.357. The number of nitrogens with zero attached hydrogens (tertiary/aromatic N) is 2. The molecule has 7 heteroatoms. The summed E-state index contributed by atoms with van der Waals surface area (Å²) in [7, 11) is -2.64. The Labute approximate surface area is 122 Å². The number of amides is 1. The number of fused-ring (bicyclic) bond motifs is 1. The van der Waals surface area contributed by atoms with Crippen molar-refractivity contribution in [3.63, 3.8) is 0 Å². The number of aryl methyl sites for hydroxylation is 1.